The second-order valence-electron chi connectivity index (χ2n) is 2.87. The zero-order valence-electron chi connectivity index (χ0n) is 7.75. The molecule has 0 spiro atoms. The molecule has 0 radical (unpaired) electrons. The standard InChI is InChI=1S/C10H6F4O2/c11-7-3-5(1-2-9(15)16)6(10(13)14)4-8(7)12/h1-4,10H,(H,15,16)/b2-1+. The lowest BCUT2D eigenvalue weighted by Gasteiger charge is -2.05. The van der Waals surface area contributed by atoms with Crippen LogP contribution in [0.25, 0.3) is 6.08 Å². The average Bonchev–Trinajstić information content (AvgIpc) is 2.18. The maximum absolute atomic E-state index is 12.7. The molecule has 16 heavy (non-hydrogen) atoms. The van der Waals surface area contributed by atoms with Gasteiger partial charge in [0.05, 0.1) is 0 Å². The van der Waals surface area contributed by atoms with Crippen LogP contribution in [-0.4, -0.2) is 11.1 Å². The van der Waals surface area contributed by atoms with Crippen molar-refractivity contribution in [3.05, 3.63) is 41.0 Å². The van der Waals surface area contributed by atoms with Gasteiger partial charge >= 0.3 is 5.97 Å². The van der Waals surface area contributed by atoms with Gasteiger partial charge in [0.15, 0.2) is 11.6 Å². The number of alkyl halides is 2. The van der Waals surface area contributed by atoms with Crippen molar-refractivity contribution in [3.63, 3.8) is 0 Å². The van der Waals surface area contributed by atoms with Crippen molar-refractivity contribution in [1.82, 2.24) is 0 Å². The van der Waals surface area contributed by atoms with Crippen molar-refractivity contribution in [2.75, 3.05) is 0 Å². The number of benzene rings is 1. The van der Waals surface area contributed by atoms with Crippen LogP contribution < -0.4 is 0 Å². The maximum Gasteiger partial charge on any atom is 0.328 e. The van der Waals surface area contributed by atoms with Crippen LogP contribution >= 0.6 is 0 Å². The van der Waals surface area contributed by atoms with E-state index in [2.05, 4.69) is 0 Å². The lowest BCUT2D eigenvalue weighted by Crippen LogP contribution is -1.96. The zero-order chi connectivity index (χ0) is 12.3. The Morgan fingerprint density at radius 1 is 1.25 bits per heavy atom. The predicted octanol–water partition coefficient (Wildman–Crippen LogP) is 3.00. The Morgan fingerprint density at radius 2 is 1.81 bits per heavy atom. The summed E-state index contributed by atoms with van der Waals surface area (Å²) >= 11 is 0. The van der Waals surface area contributed by atoms with E-state index in [4.69, 9.17) is 5.11 Å². The first-order valence-corrected chi connectivity index (χ1v) is 4.10. The van der Waals surface area contributed by atoms with Crippen LogP contribution in [0.5, 0.6) is 0 Å². The maximum atomic E-state index is 12.7. The van der Waals surface area contributed by atoms with Crippen molar-refractivity contribution in [2.24, 2.45) is 0 Å². The van der Waals surface area contributed by atoms with Gasteiger partial charge < -0.3 is 5.11 Å². The fraction of sp³-hybridized carbons (Fsp3) is 0.100. The molecule has 0 fully saturated rings. The highest BCUT2D eigenvalue weighted by Gasteiger charge is 2.15. The van der Waals surface area contributed by atoms with Crippen LogP contribution in [0.3, 0.4) is 0 Å². The molecule has 0 aliphatic rings. The van der Waals surface area contributed by atoms with E-state index in [1.165, 1.54) is 0 Å². The molecular formula is C10H6F4O2. The zero-order valence-corrected chi connectivity index (χ0v) is 7.75. The smallest absolute Gasteiger partial charge is 0.328 e. The molecule has 0 aromatic heterocycles. The minimum Gasteiger partial charge on any atom is -0.478 e. The highest BCUT2D eigenvalue weighted by atomic mass is 19.3. The largest absolute Gasteiger partial charge is 0.478 e. The summed E-state index contributed by atoms with van der Waals surface area (Å²) in [4.78, 5) is 10.2. The number of rotatable bonds is 3. The van der Waals surface area contributed by atoms with Gasteiger partial charge in [-0.3, -0.25) is 0 Å². The Hall–Kier alpha value is -1.85. The molecule has 1 aromatic rings. The first kappa shape index (κ1) is 12.2. The number of halogens is 4. The molecule has 0 atom stereocenters. The van der Waals surface area contributed by atoms with Crippen molar-refractivity contribution < 1.29 is 27.5 Å². The molecule has 0 aliphatic heterocycles. The molecule has 6 heteroatoms. The van der Waals surface area contributed by atoms with Gasteiger partial charge in [-0.25, -0.2) is 22.4 Å². The summed E-state index contributed by atoms with van der Waals surface area (Å²) in [6.45, 7) is 0. The SMILES string of the molecule is O=C(O)/C=C/c1cc(F)c(F)cc1C(F)F. The summed E-state index contributed by atoms with van der Waals surface area (Å²) in [5, 5.41) is 8.29. The van der Waals surface area contributed by atoms with Crippen LogP contribution in [0.2, 0.25) is 0 Å². The third-order valence-corrected chi connectivity index (χ3v) is 1.77. The van der Waals surface area contributed by atoms with E-state index < -0.39 is 29.6 Å². The van der Waals surface area contributed by atoms with E-state index in [0.29, 0.717) is 18.2 Å². The average molecular weight is 234 g/mol. The van der Waals surface area contributed by atoms with E-state index in [1.54, 1.807) is 0 Å². The van der Waals surface area contributed by atoms with Gasteiger partial charge in [-0.1, -0.05) is 0 Å². The summed E-state index contributed by atoms with van der Waals surface area (Å²) in [6, 6.07) is 0.873. The van der Waals surface area contributed by atoms with E-state index in [9.17, 15) is 22.4 Å². The van der Waals surface area contributed by atoms with Crippen molar-refractivity contribution in [3.8, 4) is 0 Å². The molecule has 1 aromatic carbocycles. The second kappa shape index (κ2) is 4.78. The summed E-state index contributed by atoms with van der Waals surface area (Å²) in [7, 11) is 0. The third kappa shape index (κ3) is 2.82. The molecule has 1 rings (SSSR count). The van der Waals surface area contributed by atoms with E-state index >= 15 is 0 Å². The topological polar surface area (TPSA) is 37.3 Å². The fourth-order valence-electron chi connectivity index (χ4n) is 1.07. The monoisotopic (exact) mass is 234 g/mol. The number of carboxylic acid groups (broad SMARTS) is 1. The number of hydrogen-bond donors (Lipinski definition) is 1. The van der Waals surface area contributed by atoms with Crippen molar-refractivity contribution >= 4 is 12.0 Å². The van der Waals surface area contributed by atoms with Crippen LogP contribution in [0.4, 0.5) is 17.6 Å². The van der Waals surface area contributed by atoms with Crippen LogP contribution in [0.1, 0.15) is 17.6 Å². The van der Waals surface area contributed by atoms with Crippen molar-refractivity contribution in [2.45, 2.75) is 6.43 Å². The van der Waals surface area contributed by atoms with Crippen LogP contribution in [0, 0.1) is 11.6 Å². The number of carboxylic acids is 1. The van der Waals surface area contributed by atoms with Gasteiger partial charge in [0.2, 0.25) is 0 Å². The molecule has 86 valence electrons. The van der Waals surface area contributed by atoms with Crippen LogP contribution in [-0.2, 0) is 4.79 Å². The first-order chi connectivity index (χ1) is 7.41. The highest BCUT2D eigenvalue weighted by molar-refractivity contribution is 5.85. The molecule has 0 heterocycles. The quantitative estimate of drug-likeness (QED) is 0.644. The van der Waals surface area contributed by atoms with Gasteiger partial charge in [0.25, 0.3) is 6.43 Å². The Morgan fingerprint density at radius 3 is 2.31 bits per heavy atom. The second-order valence-corrected chi connectivity index (χ2v) is 2.87. The predicted molar refractivity (Wildman–Crippen MR) is 48.0 cm³/mol. The number of carbonyl (C=O) groups is 1. The van der Waals surface area contributed by atoms with E-state index in [1.807, 2.05) is 0 Å². The minimum atomic E-state index is -3.01. The molecule has 0 bridgehead atoms. The molecule has 1 N–H and O–H groups in total. The Balaban J connectivity index is 3.25. The number of hydrogen-bond acceptors (Lipinski definition) is 1. The summed E-state index contributed by atoms with van der Waals surface area (Å²) < 4.78 is 50.2. The molecule has 0 amide bonds. The Bertz CT molecular complexity index is 441. The summed E-state index contributed by atoms with van der Waals surface area (Å²) in [5.41, 5.74) is -1.12. The van der Waals surface area contributed by atoms with E-state index in [0.717, 1.165) is 6.08 Å². The Labute approximate surface area is 87.8 Å². The Kier molecular flexibility index (Phi) is 3.65. The first-order valence-electron chi connectivity index (χ1n) is 4.10. The third-order valence-electron chi connectivity index (χ3n) is 1.77. The van der Waals surface area contributed by atoms with E-state index in [-0.39, 0.29) is 5.56 Å². The molecule has 0 aliphatic carbocycles. The van der Waals surface area contributed by atoms with Gasteiger partial charge in [-0.2, -0.15) is 0 Å². The molecular weight excluding hydrogens is 228 g/mol. The normalized spacial score (nSPS) is 11.3. The lowest BCUT2D eigenvalue weighted by molar-refractivity contribution is -0.131. The molecule has 0 unspecified atom stereocenters. The van der Waals surface area contributed by atoms with Gasteiger partial charge in [0.1, 0.15) is 0 Å². The van der Waals surface area contributed by atoms with Gasteiger partial charge in [-0.15, -0.1) is 0 Å². The molecule has 2 nitrogen and oxygen atoms in total. The van der Waals surface area contributed by atoms with Crippen LogP contribution in [0.15, 0.2) is 18.2 Å². The highest BCUT2D eigenvalue weighted by Crippen LogP contribution is 2.26. The minimum absolute atomic E-state index is 0.349. The summed E-state index contributed by atoms with van der Waals surface area (Å²) in [5.74, 6) is -4.08. The lowest BCUT2D eigenvalue weighted by atomic mass is 10.1. The molecule has 0 saturated heterocycles. The number of aliphatic carboxylic acids is 1. The summed E-state index contributed by atoms with van der Waals surface area (Å²) in [6.07, 6.45) is -1.66. The van der Waals surface area contributed by atoms with Gasteiger partial charge in [-0.05, 0) is 23.8 Å². The van der Waals surface area contributed by atoms with Crippen molar-refractivity contribution in [1.29, 1.82) is 0 Å². The van der Waals surface area contributed by atoms with Gasteiger partial charge in [0, 0.05) is 11.6 Å². The molecule has 0 saturated carbocycles. The fourth-order valence-corrected chi connectivity index (χ4v) is 1.07.